The minimum absolute atomic E-state index is 0.200. The third-order valence-electron chi connectivity index (χ3n) is 6.80. The molecule has 1 aliphatic rings. The zero-order valence-electron chi connectivity index (χ0n) is 27.5. The summed E-state index contributed by atoms with van der Waals surface area (Å²) in [4.78, 5) is 37.6. The van der Waals surface area contributed by atoms with E-state index in [0.717, 1.165) is 5.69 Å². The fourth-order valence-electron chi connectivity index (χ4n) is 4.34. The number of carbonyl (C=O) groups is 2. The SMILES string of the molecule is COc1cc(N2CCN(C(=O)OC(C)(C)C)CC2)ccc1Nc1ncc(Br)c(Nc2ccccc2NS(=O)(=O)NC(=O)C(C)(C)C)n1. The van der Waals surface area contributed by atoms with Crippen LogP contribution in [0.15, 0.2) is 53.1 Å². The van der Waals surface area contributed by atoms with Gasteiger partial charge < -0.3 is 29.9 Å². The van der Waals surface area contributed by atoms with Gasteiger partial charge in [0.15, 0.2) is 0 Å². The van der Waals surface area contributed by atoms with Crippen LogP contribution in [0.2, 0.25) is 0 Å². The number of carbonyl (C=O) groups excluding carboxylic acids is 2. The van der Waals surface area contributed by atoms with Gasteiger partial charge in [0, 0.05) is 49.5 Å². The molecule has 14 nitrogen and oxygen atoms in total. The Morgan fingerprint density at radius 1 is 0.915 bits per heavy atom. The van der Waals surface area contributed by atoms with Gasteiger partial charge in [0.1, 0.15) is 17.2 Å². The minimum Gasteiger partial charge on any atom is -0.494 e. The summed E-state index contributed by atoms with van der Waals surface area (Å²) in [6, 6.07) is 12.3. The van der Waals surface area contributed by atoms with Crippen molar-refractivity contribution in [3.63, 3.8) is 0 Å². The van der Waals surface area contributed by atoms with E-state index in [1.165, 1.54) is 0 Å². The van der Waals surface area contributed by atoms with Gasteiger partial charge in [0.05, 0.1) is 28.6 Å². The first kappa shape index (κ1) is 35.5. The molecule has 0 atom stereocenters. The monoisotopic (exact) mass is 732 g/mol. The predicted octanol–water partition coefficient (Wildman–Crippen LogP) is 5.61. The van der Waals surface area contributed by atoms with Crippen molar-refractivity contribution in [1.82, 2.24) is 19.6 Å². The van der Waals surface area contributed by atoms with Gasteiger partial charge in [-0.2, -0.15) is 13.4 Å². The third kappa shape index (κ3) is 9.84. The lowest BCUT2D eigenvalue weighted by Gasteiger charge is -2.37. The first-order valence-corrected chi connectivity index (χ1v) is 17.1. The van der Waals surface area contributed by atoms with E-state index in [-0.39, 0.29) is 17.7 Å². The lowest BCUT2D eigenvalue weighted by Crippen LogP contribution is -2.50. The molecule has 1 aromatic heterocycles. The summed E-state index contributed by atoms with van der Waals surface area (Å²) in [6.45, 7) is 12.8. The normalized spacial score (nSPS) is 13.9. The Morgan fingerprint density at radius 3 is 2.19 bits per heavy atom. The number of benzene rings is 2. The molecule has 0 radical (unpaired) electrons. The molecule has 1 fully saturated rings. The van der Waals surface area contributed by atoms with Crippen molar-refractivity contribution in [3.05, 3.63) is 53.1 Å². The Hall–Kier alpha value is -4.31. The second-order valence-electron chi connectivity index (χ2n) is 12.8. The van der Waals surface area contributed by atoms with Crippen LogP contribution >= 0.6 is 15.9 Å². The molecule has 0 spiro atoms. The molecule has 4 N–H and O–H groups in total. The molecule has 4 rings (SSSR count). The molecule has 16 heteroatoms. The van der Waals surface area contributed by atoms with Gasteiger partial charge in [0.2, 0.25) is 11.9 Å². The summed E-state index contributed by atoms with van der Waals surface area (Å²) in [5, 5.41) is 6.31. The summed E-state index contributed by atoms with van der Waals surface area (Å²) in [6.07, 6.45) is 1.24. The largest absolute Gasteiger partial charge is 0.494 e. The van der Waals surface area contributed by atoms with Gasteiger partial charge in [-0.15, -0.1) is 0 Å². The van der Waals surface area contributed by atoms with Crippen LogP contribution in [0.25, 0.3) is 0 Å². The summed E-state index contributed by atoms with van der Waals surface area (Å²) in [5.41, 5.74) is 0.707. The van der Waals surface area contributed by atoms with Gasteiger partial charge in [-0.3, -0.25) is 9.52 Å². The van der Waals surface area contributed by atoms with Gasteiger partial charge in [0.25, 0.3) is 0 Å². The lowest BCUT2D eigenvalue weighted by molar-refractivity contribution is -0.126. The Kier molecular flexibility index (Phi) is 10.7. The molecule has 1 saturated heterocycles. The smallest absolute Gasteiger partial charge is 0.410 e. The highest BCUT2D eigenvalue weighted by Crippen LogP contribution is 2.34. The number of halogens is 1. The molecule has 254 valence electrons. The molecule has 47 heavy (non-hydrogen) atoms. The highest BCUT2D eigenvalue weighted by atomic mass is 79.9. The van der Waals surface area contributed by atoms with E-state index in [1.54, 1.807) is 63.2 Å². The molecular weight excluding hydrogens is 692 g/mol. The van der Waals surface area contributed by atoms with E-state index in [2.05, 4.69) is 46.2 Å². The Balaban J connectivity index is 1.46. The zero-order valence-corrected chi connectivity index (χ0v) is 29.9. The number of para-hydroxylation sites is 2. The number of amides is 2. The number of methoxy groups -OCH3 is 1. The van der Waals surface area contributed by atoms with Gasteiger partial charge in [-0.1, -0.05) is 32.9 Å². The van der Waals surface area contributed by atoms with E-state index < -0.39 is 27.1 Å². The average Bonchev–Trinajstić information content (AvgIpc) is 2.98. The average molecular weight is 734 g/mol. The number of hydrogen-bond acceptors (Lipinski definition) is 11. The highest BCUT2D eigenvalue weighted by molar-refractivity contribution is 9.10. The first-order valence-electron chi connectivity index (χ1n) is 14.9. The van der Waals surface area contributed by atoms with E-state index >= 15 is 0 Å². The molecule has 0 saturated carbocycles. The maximum Gasteiger partial charge on any atom is 0.410 e. The second kappa shape index (κ2) is 14.2. The van der Waals surface area contributed by atoms with Gasteiger partial charge in [-0.05, 0) is 61.0 Å². The maximum absolute atomic E-state index is 12.7. The van der Waals surface area contributed by atoms with Crippen LogP contribution in [0.4, 0.5) is 39.3 Å². The number of rotatable bonds is 9. The molecular formula is C31H41BrN8O6S. The van der Waals surface area contributed by atoms with Crippen LogP contribution in [0.3, 0.4) is 0 Å². The van der Waals surface area contributed by atoms with E-state index in [0.29, 0.717) is 53.6 Å². The van der Waals surface area contributed by atoms with Crippen molar-refractivity contribution in [2.75, 3.05) is 53.5 Å². The van der Waals surface area contributed by atoms with E-state index in [1.807, 2.05) is 43.7 Å². The van der Waals surface area contributed by atoms with Crippen molar-refractivity contribution in [2.45, 2.75) is 47.1 Å². The Bertz CT molecular complexity index is 1720. The van der Waals surface area contributed by atoms with Crippen LogP contribution in [-0.4, -0.2) is 74.2 Å². The summed E-state index contributed by atoms with van der Waals surface area (Å²) in [7, 11) is -2.64. The second-order valence-corrected chi connectivity index (χ2v) is 15.1. The Morgan fingerprint density at radius 2 is 1.57 bits per heavy atom. The lowest BCUT2D eigenvalue weighted by atomic mass is 9.96. The van der Waals surface area contributed by atoms with E-state index in [4.69, 9.17) is 9.47 Å². The zero-order chi connectivity index (χ0) is 34.6. The van der Waals surface area contributed by atoms with Crippen molar-refractivity contribution in [2.24, 2.45) is 5.41 Å². The fraction of sp³-hybridized carbons (Fsp3) is 0.419. The molecule has 0 aliphatic carbocycles. The minimum atomic E-state index is -4.21. The van der Waals surface area contributed by atoms with Crippen LogP contribution in [-0.2, 0) is 19.7 Å². The number of piperazine rings is 1. The number of anilines is 6. The van der Waals surface area contributed by atoms with Crippen molar-refractivity contribution >= 4 is 72.7 Å². The molecule has 1 aliphatic heterocycles. The maximum atomic E-state index is 12.7. The number of nitrogens with one attached hydrogen (secondary N) is 4. The number of aromatic nitrogens is 2. The van der Waals surface area contributed by atoms with Gasteiger partial charge in [-0.25, -0.2) is 14.5 Å². The topological polar surface area (TPSA) is 167 Å². The first-order chi connectivity index (χ1) is 21.9. The van der Waals surface area contributed by atoms with Crippen molar-refractivity contribution < 1.29 is 27.5 Å². The van der Waals surface area contributed by atoms with Crippen LogP contribution in [0.5, 0.6) is 5.75 Å². The molecule has 0 bridgehead atoms. The predicted molar refractivity (Wildman–Crippen MR) is 186 cm³/mol. The number of hydrogen-bond donors (Lipinski definition) is 4. The molecule has 2 heterocycles. The molecule has 3 aromatic rings. The summed E-state index contributed by atoms with van der Waals surface area (Å²) >= 11 is 3.45. The van der Waals surface area contributed by atoms with Crippen LogP contribution in [0.1, 0.15) is 41.5 Å². The summed E-state index contributed by atoms with van der Waals surface area (Å²) < 4.78 is 41.6. The highest BCUT2D eigenvalue weighted by Gasteiger charge is 2.28. The van der Waals surface area contributed by atoms with Crippen molar-refractivity contribution in [1.29, 1.82) is 0 Å². The van der Waals surface area contributed by atoms with Crippen LogP contribution in [0, 0.1) is 5.41 Å². The third-order valence-corrected chi connectivity index (χ3v) is 8.33. The quantitative estimate of drug-likeness (QED) is 0.216. The van der Waals surface area contributed by atoms with E-state index in [9.17, 15) is 18.0 Å². The fourth-order valence-corrected chi connectivity index (χ4v) is 5.70. The summed E-state index contributed by atoms with van der Waals surface area (Å²) in [5.74, 6) is 0.527. The van der Waals surface area contributed by atoms with Crippen molar-refractivity contribution in [3.8, 4) is 5.75 Å². The Labute approximate surface area is 283 Å². The van der Waals surface area contributed by atoms with Gasteiger partial charge >= 0.3 is 16.3 Å². The standard InChI is InChI=1S/C31H41BrN8O6S/c1-30(2,3)27(41)38-47(43,44)37-23-11-9-8-10-22(23)34-26-21(32)19-33-28(36-26)35-24-13-12-20(18-25(24)45-7)39-14-16-40(17-15-39)29(42)46-31(4,5)6/h8-13,18-19,37H,14-17H2,1-7H3,(H,38,41)(H2,33,34,35,36). The molecule has 2 aromatic carbocycles. The van der Waals surface area contributed by atoms with Crippen LogP contribution < -0.4 is 29.7 Å². The molecule has 2 amide bonds. The number of ether oxygens (including phenoxy) is 2. The molecule has 0 unspecified atom stereocenters. The number of nitrogens with zero attached hydrogens (tertiary/aromatic N) is 4.